The predicted molar refractivity (Wildman–Crippen MR) is 57.5 cm³/mol. The molecular weight excluding hydrogens is 232 g/mol. The molecule has 7 heteroatoms. The summed E-state index contributed by atoms with van der Waals surface area (Å²) in [6.45, 7) is -0.269. The lowest BCUT2D eigenvalue weighted by atomic mass is 10.2. The third kappa shape index (κ3) is 2.07. The highest BCUT2D eigenvalue weighted by atomic mass is 32.1. The molecular formula is C9H12N2O4S. The molecule has 2 heterocycles. The van der Waals surface area contributed by atoms with Gasteiger partial charge in [-0.2, -0.15) is 0 Å². The molecule has 1 aromatic rings. The molecule has 16 heavy (non-hydrogen) atoms. The van der Waals surface area contributed by atoms with Crippen LogP contribution in [0, 0.1) is 4.64 Å². The Morgan fingerprint density at radius 2 is 2.44 bits per heavy atom. The maximum absolute atomic E-state index is 11.5. The Hall–Kier alpha value is -1.02. The van der Waals surface area contributed by atoms with Crippen LogP contribution in [0.2, 0.25) is 0 Å². The largest absolute Gasteiger partial charge is 0.394 e. The van der Waals surface area contributed by atoms with Gasteiger partial charge in [-0.1, -0.05) is 12.2 Å². The van der Waals surface area contributed by atoms with Crippen LogP contribution in [-0.2, 0) is 4.74 Å². The lowest BCUT2D eigenvalue weighted by molar-refractivity contribution is -0.0459. The van der Waals surface area contributed by atoms with Crippen molar-refractivity contribution in [2.75, 3.05) is 6.61 Å². The fourth-order valence-corrected chi connectivity index (χ4v) is 1.85. The third-order valence-corrected chi connectivity index (χ3v) is 2.78. The molecule has 0 saturated carbocycles. The van der Waals surface area contributed by atoms with Crippen molar-refractivity contribution in [2.24, 2.45) is 0 Å². The van der Waals surface area contributed by atoms with Gasteiger partial charge in [-0.15, -0.1) is 0 Å². The van der Waals surface area contributed by atoms with Gasteiger partial charge in [-0.05, 0) is 6.07 Å². The van der Waals surface area contributed by atoms with E-state index in [0.29, 0.717) is 4.64 Å². The van der Waals surface area contributed by atoms with Gasteiger partial charge in [0, 0.05) is 12.6 Å². The molecule has 1 saturated heterocycles. The fraction of sp³-hybridized carbons (Fsp3) is 0.556. The molecule has 3 N–H and O–H groups in total. The van der Waals surface area contributed by atoms with Crippen LogP contribution in [0.1, 0.15) is 12.6 Å². The summed E-state index contributed by atoms with van der Waals surface area (Å²) in [6, 6.07) is 1.57. The Morgan fingerprint density at radius 1 is 1.69 bits per heavy atom. The molecule has 2 rings (SSSR count). The van der Waals surface area contributed by atoms with Crippen molar-refractivity contribution in [2.45, 2.75) is 24.9 Å². The van der Waals surface area contributed by atoms with E-state index >= 15 is 0 Å². The summed E-state index contributed by atoms with van der Waals surface area (Å²) < 4.78 is 7.00. The molecule has 0 bridgehead atoms. The average molecular weight is 244 g/mol. The molecule has 0 spiro atoms. The SMILES string of the molecule is O=c1[nH]c(=S)ccn1[C@@H]1C[C@@H](O)[C@H](CO)O1. The van der Waals surface area contributed by atoms with Crippen LogP contribution in [0.15, 0.2) is 17.1 Å². The van der Waals surface area contributed by atoms with Gasteiger partial charge in [0.25, 0.3) is 0 Å². The number of nitrogens with zero attached hydrogens (tertiary/aromatic N) is 1. The standard InChI is InChI=1S/C9H12N2O4S/c12-4-6-5(13)3-8(15-6)11-2-1-7(16)10-9(11)14/h1-2,5-6,8,12-13H,3-4H2,(H,10,14,16)/t5-,6+,8+/m1/s1. The summed E-state index contributed by atoms with van der Waals surface area (Å²) in [6.07, 6.45) is -0.176. The number of aromatic amines is 1. The molecule has 0 aliphatic carbocycles. The van der Waals surface area contributed by atoms with Crippen LogP contribution in [0.25, 0.3) is 0 Å². The van der Waals surface area contributed by atoms with E-state index in [1.54, 1.807) is 6.07 Å². The van der Waals surface area contributed by atoms with Crippen molar-refractivity contribution in [3.05, 3.63) is 27.4 Å². The van der Waals surface area contributed by atoms with E-state index in [1.807, 2.05) is 0 Å². The summed E-state index contributed by atoms with van der Waals surface area (Å²) in [4.78, 5) is 14.0. The van der Waals surface area contributed by atoms with E-state index in [0.717, 1.165) is 0 Å². The molecule has 1 aliphatic heterocycles. The first kappa shape index (κ1) is 11.5. The molecule has 0 amide bonds. The Bertz CT molecular complexity index is 483. The van der Waals surface area contributed by atoms with Gasteiger partial charge in [0.15, 0.2) is 0 Å². The van der Waals surface area contributed by atoms with Crippen molar-refractivity contribution in [3.8, 4) is 0 Å². The monoisotopic (exact) mass is 244 g/mol. The zero-order chi connectivity index (χ0) is 11.7. The van der Waals surface area contributed by atoms with E-state index in [2.05, 4.69) is 4.98 Å². The Kier molecular flexibility index (Phi) is 3.20. The number of aromatic nitrogens is 2. The maximum atomic E-state index is 11.5. The molecule has 0 radical (unpaired) electrons. The number of aliphatic hydroxyl groups is 2. The lowest BCUT2D eigenvalue weighted by Crippen LogP contribution is -2.27. The number of H-pyrrole nitrogens is 1. The highest BCUT2D eigenvalue weighted by molar-refractivity contribution is 7.71. The molecule has 3 atom stereocenters. The van der Waals surface area contributed by atoms with Gasteiger partial charge in [-0.25, -0.2) is 4.79 Å². The van der Waals surface area contributed by atoms with Crippen molar-refractivity contribution in [3.63, 3.8) is 0 Å². The average Bonchev–Trinajstić information content (AvgIpc) is 2.59. The molecule has 0 aromatic carbocycles. The van der Waals surface area contributed by atoms with Gasteiger partial charge in [0.2, 0.25) is 0 Å². The molecule has 1 fully saturated rings. The van der Waals surface area contributed by atoms with Gasteiger partial charge in [0.05, 0.1) is 12.7 Å². The summed E-state index contributed by atoms with van der Waals surface area (Å²) in [5.74, 6) is 0. The molecule has 88 valence electrons. The zero-order valence-electron chi connectivity index (χ0n) is 8.37. The smallest absolute Gasteiger partial charge is 0.328 e. The van der Waals surface area contributed by atoms with Crippen LogP contribution in [-0.4, -0.2) is 38.6 Å². The zero-order valence-corrected chi connectivity index (χ0v) is 9.18. The highest BCUT2D eigenvalue weighted by Crippen LogP contribution is 2.26. The van der Waals surface area contributed by atoms with E-state index in [4.69, 9.17) is 22.1 Å². The minimum atomic E-state index is -0.759. The quantitative estimate of drug-likeness (QED) is 0.613. The van der Waals surface area contributed by atoms with Crippen molar-refractivity contribution in [1.82, 2.24) is 9.55 Å². The molecule has 6 nitrogen and oxygen atoms in total. The Morgan fingerprint density at radius 3 is 3.00 bits per heavy atom. The summed E-state index contributed by atoms with van der Waals surface area (Å²) in [7, 11) is 0. The predicted octanol–water partition coefficient (Wildman–Crippen LogP) is -0.453. The molecule has 0 unspecified atom stereocenters. The number of nitrogens with one attached hydrogen (secondary N) is 1. The van der Waals surface area contributed by atoms with E-state index in [-0.39, 0.29) is 18.7 Å². The molecule has 1 aromatic heterocycles. The second-order valence-electron chi connectivity index (χ2n) is 3.63. The van der Waals surface area contributed by atoms with Crippen LogP contribution in [0.5, 0.6) is 0 Å². The Labute approximate surface area is 96.1 Å². The van der Waals surface area contributed by atoms with Gasteiger partial charge >= 0.3 is 5.69 Å². The van der Waals surface area contributed by atoms with Gasteiger partial charge in [-0.3, -0.25) is 9.55 Å². The summed E-state index contributed by atoms with van der Waals surface area (Å²) in [5, 5.41) is 18.5. The van der Waals surface area contributed by atoms with E-state index in [9.17, 15) is 9.90 Å². The van der Waals surface area contributed by atoms with Crippen molar-refractivity contribution >= 4 is 12.2 Å². The summed E-state index contributed by atoms with van der Waals surface area (Å²) in [5.41, 5.74) is -0.386. The number of hydrogen-bond donors (Lipinski definition) is 3. The second-order valence-corrected chi connectivity index (χ2v) is 4.07. The first-order chi connectivity index (χ1) is 7.61. The Balaban J connectivity index is 2.27. The van der Waals surface area contributed by atoms with E-state index < -0.39 is 18.4 Å². The number of rotatable bonds is 2. The van der Waals surface area contributed by atoms with Crippen molar-refractivity contribution < 1.29 is 14.9 Å². The summed E-state index contributed by atoms with van der Waals surface area (Å²) >= 11 is 4.80. The van der Waals surface area contributed by atoms with Crippen LogP contribution >= 0.6 is 12.2 Å². The van der Waals surface area contributed by atoms with Gasteiger partial charge in [0.1, 0.15) is 17.0 Å². The maximum Gasteiger partial charge on any atom is 0.328 e. The molecule has 1 aliphatic rings. The minimum absolute atomic E-state index is 0.269. The van der Waals surface area contributed by atoms with Crippen LogP contribution in [0.4, 0.5) is 0 Å². The highest BCUT2D eigenvalue weighted by Gasteiger charge is 2.34. The van der Waals surface area contributed by atoms with Crippen molar-refractivity contribution in [1.29, 1.82) is 0 Å². The topological polar surface area (TPSA) is 87.5 Å². The minimum Gasteiger partial charge on any atom is -0.394 e. The first-order valence-electron chi connectivity index (χ1n) is 4.87. The third-order valence-electron chi connectivity index (χ3n) is 2.55. The number of hydrogen-bond acceptors (Lipinski definition) is 5. The second kappa shape index (κ2) is 4.46. The first-order valence-corrected chi connectivity index (χ1v) is 5.28. The number of ether oxygens (including phenoxy) is 1. The fourth-order valence-electron chi connectivity index (χ4n) is 1.70. The lowest BCUT2D eigenvalue weighted by Gasteiger charge is -2.13. The van der Waals surface area contributed by atoms with E-state index in [1.165, 1.54) is 10.8 Å². The van der Waals surface area contributed by atoms with Crippen LogP contribution < -0.4 is 5.69 Å². The van der Waals surface area contributed by atoms with Gasteiger partial charge < -0.3 is 14.9 Å². The normalized spacial score (nSPS) is 29.5. The van der Waals surface area contributed by atoms with Crippen LogP contribution in [0.3, 0.4) is 0 Å². The number of aliphatic hydroxyl groups excluding tert-OH is 2.